The summed E-state index contributed by atoms with van der Waals surface area (Å²) in [6.45, 7) is 9.24. The lowest BCUT2D eigenvalue weighted by Gasteiger charge is -2.58. The van der Waals surface area contributed by atoms with Crippen LogP contribution in [0.4, 0.5) is 25.8 Å². The van der Waals surface area contributed by atoms with E-state index in [4.69, 9.17) is 18.9 Å². The van der Waals surface area contributed by atoms with E-state index < -0.39 is 48.5 Å². The molecule has 1 saturated carbocycles. The van der Waals surface area contributed by atoms with Gasteiger partial charge in [0.05, 0.1) is 41.5 Å². The average Bonchev–Trinajstić information content (AvgIpc) is 3.93. The highest BCUT2D eigenvalue weighted by atomic mass is 32.2. The van der Waals surface area contributed by atoms with Crippen LogP contribution in [0.1, 0.15) is 91.4 Å². The fourth-order valence-corrected chi connectivity index (χ4v) is 12.6. The van der Waals surface area contributed by atoms with Crippen LogP contribution in [0, 0.1) is 21.3 Å². The molecule has 1 amide bonds. The van der Waals surface area contributed by atoms with E-state index in [1.165, 1.54) is 23.4 Å². The number of nitro groups is 1. The van der Waals surface area contributed by atoms with Gasteiger partial charge < -0.3 is 34.1 Å². The Morgan fingerprint density at radius 2 is 1.70 bits per heavy atom. The van der Waals surface area contributed by atoms with Crippen LogP contribution in [0.5, 0.6) is 23.0 Å². The van der Waals surface area contributed by atoms with E-state index in [1.807, 2.05) is 15.7 Å². The maximum Gasteiger partial charge on any atom is 0.293 e. The van der Waals surface area contributed by atoms with E-state index >= 15 is 8.78 Å². The summed E-state index contributed by atoms with van der Waals surface area (Å²) in [6.07, 6.45) is 7.02. The second-order valence-corrected chi connectivity index (χ2v) is 22.7. The Bertz CT molecular complexity index is 3230. The van der Waals surface area contributed by atoms with Crippen LogP contribution in [0.2, 0.25) is 0 Å². The van der Waals surface area contributed by atoms with Gasteiger partial charge in [0.1, 0.15) is 34.3 Å². The number of nitro benzene ring substituents is 1. The minimum absolute atomic E-state index is 0.0747. The van der Waals surface area contributed by atoms with Gasteiger partial charge in [-0.2, -0.15) is 0 Å². The molecular weight excluding hydrogens is 999 g/mol. The monoisotopic (exact) mass is 1060 g/mol. The molecule has 4 fully saturated rings. The summed E-state index contributed by atoms with van der Waals surface area (Å²) in [4.78, 5) is 39.4. The first-order chi connectivity index (χ1) is 36.5. The van der Waals surface area contributed by atoms with Crippen molar-refractivity contribution in [1.29, 1.82) is 0 Å². The molecule has 402 valence electrons. The Labute approximate surface area is 441 Å². The van der Waals surface area contributed by atoms with Crippen molar-refractivity contribution in [3.05, 3.63) is 136 Å². The zero-order chi connectivity index (χ0) is 53.4. The van der Waals surface area contributed by atoms with E-state index in [2.05, 4.69) is 75.3 Å². The number of hydrogen-bond donors (Lipinski definition) is 3. The SMILES string of the molecule is COc1ccc(CN2CCN(C3CC4(CCN(c5cc(Oc6cnc7[nH]ccc7c6)c(C(=O)NS(=O)(=O)c6ccc(NCC7(F)CCOCC7)c([N+](=O)[O-])c6)cc5F)CC4)C3)C(c3ccccc3C(C)C)C2)cc1OC. The highest BCUT2D eigenvalue weighted by Gasteiger charge is 2.50. The maximum atomic E-state index is 16.6. The maximum absolute atomic E-state index is 16.6. The Hall–Kier alpha value is -6.87. The minimum Gasteiger partial charge on any atom is -0.493 e. The third-order valence-corrected chi connectivity index (χ3v) is 17.2. The molecule has 2 aromatic heterocycles. The molecule has 3 saturated heterocycles. The first-order valence-electron chi connectivity index (χ1n) is 25.9. The first kappa shape index (κ1) is 52.6. The van der Waals surface area contributed by atoms with Crippen molar-refractivity contribution < 1.29 is 45.9 Å². The van der Waals surface area contributed by atoms with Gasteiger partial charge in [-0.3, -0.25) is 24.7 Å². The molecule has 0 radical (unpaired) electrons. The molecule has 1 aliphatic carbocycles. The summed E-state index contributed by atoms with van der Waals surface area (Å²) in [6, 6.07) is 24.4. The van der Waals surface area contributed by atoms with Crippen LogP contribution in [0.15, 0.2) is 102 Å². The smallest absolute Gasteiger partial charge is 0.293 e. The Morgan fingerprint density at radius 3 is 2.43 bits per heavy atom. The van der Waals surface area contributed by atoms with E-state index in [-0.39, 0.29) is 66.9 Å². The van der Waals surface area contributed by atoms with Gasteiger partial charge in [0.25, 0.3) is 21.6 Å². The fraction of sp³-hybridized carbons (Fsp3) is 0.429. The standard InChI is InChI=1S/C56H64F2N8O9S/c1-36(2)42-7-5-6-8-43(42)49-34-63(33-37-9-12-50(72-3)52(25-37)73-4)21-22-65(49)39-30-55(31-39)14-19-64(20-15-55)47-29-51(75-40-26-38-13-18-59-53(38)60-32-40)44(28-45(47)57)54(67)62-76(70,71)41-10-11-46(48(27-41)66(68)69)61-35-56(58)16-23-74-24-17-56/h5-13,18,25-29,32,36,39,49,61H,14-17,19-24,30-31,33-35H2,1-4H3,(H,59,60)(H,62,67). The number of H-pyrrole nitrogens is 1. The number of methoxy groups -OCH3 is 2. The first-order valence-corrected chi connectivity index (χ1v) is 27.3. The number of amides is 1. The number of ether oxygens (including phenoxy) is 4. The zero-order valence-electron chi connectivity index (χ0n) is 43.2. The van der Waals surface area contributed by atoms with Crippen LogP contribution < -0.4 is 29.1 Å². The summed E-state index contributed by atoms with van der Waals surface area (Å²) in [5.74, 6) is -0.116. The van der Waals surface area contributed by atoms with Crippen LogP contribution in [0.25, 0.3) is 11.0 Å². The van der Waals surface area contributed by atoms with E-state index in [1.54, 1.807) is 32.5 Å². The topological polar surface area (TPSA) is 194 Å². The summed E-state index contributed by atoms with van der Waals surface area (Å²) in [5.41, 5.74) is 1.90. The van der Waals surface area contributed by atoms with Gasteiger partial charge in [-0.25, -0.2) is 26.9 Å². The molecular formula is C56H64F2N8O9S. The van der Waals surface area contributed by atoms with E-state index in [0.717, 1.165) is 81.7 Å². The highest BCUT2D eigenvalue weighted by molar-refractivity contribution is 7.90. The number of carbonyl (C=O) groups is 1. The molecule has 76 heavy (non-hydrogen) atoms. The number of fused-ring (bicyclic) bond motifs is 1. The number of nitrogens with one attached hydrogen (secondary N) is 3. The number of benzene rings is 4. The van der Waals surface area contributed by atoms with Gasteiger partial charge >= 0.3 is 0 Å². The van der Waals surface area contributed by atoms with Crippen LogP contribution in [0.3, 0.4) is 0 Å². The molecule has 6 aromatic rings. The molecule has 5 heterocycles. The highest BCUT2D eigenvalue weighted by Crippen LogP contribution is 2.54. The number of piperidine rings is 1. The van der Waals surface area contributed by atoms with Crippen LogP contribution >= 0.6 is 0 Å². The predicted octanol–water partition coefficient (Wildman–Crippen LogP) is 9.90. The molecule has 4 aliphatic rings. The van der Waals surface area contributed by atoms with Gasteiger partial charge in [0.2, 0.25) is 0 Å². The molecule has 1 spiro atoms. The fourth-order valence-electron chi connectivity index (χ4n) is 11.6. The number of anilines is 2. The normalized spacial score (nSPS) is 19.1. The number of rotatable bonds is 17. The average molecular weight is 1060 g/mol. The lowest BCUT2D eigenvalue weighted by atomic mass is 9.59. The molecule has 4 aromatic carbocycles. The summed E-state index contributed by atoms with van der Waals surface area (Å²) < 4.78 is 84.1. The van der Waals surface area contributed by atoms with Crippen LogP contribution in [-0.4, -0.2) is 117 Å². The number of alkyl halides is 1. The number of carbonyl (C=O) groups excluding carboxylic acids is 1. The largest absolute Gasteiger partial charge is 0.493 e. The van der Waals surface area contributed by atoms with Crippen molar-refractivity contribution in [2.24, 2.45) is 5.41 Å². The molecule has 0 bridgehead atoms. The van der Waals surface area contributed by atoms with Gasteiger partial charge in [-0.05, 0) is 96.2 Å². The van der Waals surface area contributed by atoms with Crippen molar-refractivity contribution >= 4 is 44.0 Å². The zero-order valence-corrected chi connectivity index (χ0v) is 44.0. The summed E-state index contributed by atoms with van der Waals surface area (Å²) >= 11 is 0. The molecule has 3 N–H and O–H groups in total. The number of pyridine rings is 1. The van der Waals surface area contributed by atoms with Gasteiger partial charge in [-0.1, -0.05) is 44.2 Å². The number of piperazine rings is 1. The van der Waals surface area contributed by atoms with Gasteiger partial charge in [0, 0.05) is 108 Å². The van der Waals surface area contributed by atoms with Crippen molar-refractivity contribution in [3.63, 3.8) is 0 Å². The van der Waals surface area contributed by atoms with E-state index in [9.17, 15) is 23.3 Å². The summed E-state index contributed by atoms with van der Waals surface area (Å²) in [5, 5.41) is 15.6. The number of sulfonamides is 1. The lowest BCUT2D eigenvalue weighted by molar-refractivity contribution is -0.384. The quantitative estimate of drug-likeness (QED) is 0.0577. The molecule has 17 nitrogen and oxygen atoms in total. The van der Waals surface area contributed by atoms with Gasteiger partial charge in [-0.15, -0.1) is 0 Å². The minimum atomic E-state index is -4.79. The second-order valence-electron chi connectivity index (χ2n) is 21.0. The molecule has 20 heteroatoms. The Balaban J connectivity index is 0.851. The van der Waals surface area contributed by atoms with Gasteiger partial charge in [0.15, 0.2) is 11.5 Å². The molecule has 1 atom stereocenters. The van der Waals surface area contributed by atoms with Crippen molar-refractivity contribution in [2.45, 2.75) is 87.5 Å². The number of aromatic amines is 1. The van der Waals surface area contributed by atoms with E-state index in [0.29, 0.717) is 47.6 Å². The Kier molecular flexibility index (Phi) is 15.0. The number of nitrogens with zero attached hydrogens (tertiary/aromatic N) is 5. The second kappa shape index (κ2) is 21.6. The summed E-state index contributed by atoms with van der Waals surface area (Å²) in [7, 11) is -1.49. The third kappa shape index (κ3) is 11.0. The predicted molar refractivity (Wildman–Crippen MR) is 284 cm³/mol. The van der Waals surface area contributed by atoms with Crippen molar-refractivity contribution in [1.82, 2.24) is 24.5 Å². The number of halogens is 2. The van der Waals surface area contributed by atoms with Crippen LogP contribution in [-0.2, 0) is 21.3 Å². The number of hydrogen-bond acceptors (Lipinski definition) is 14. The molecule has 3 aliphatic heterocycles. The van der Waals surface area contributed by atoms with Crippen molar-refractivity contribution in [3.8, 4) is 23.0 Å². The Morgan fingerprint density at radius 1 is 0.934 bits per heavy atom. The molecule has 10 rings (SSSR count). The van der Waals surface area contributed by atoms with Crippen molar-refractivity contribution in [2.75, 3.05) is 76.9 Å². The lowest BCUT2D eigenvalue weighted by Crippen LogP contribution is -2.60. The third-order valence-electron chi connectivity index (χ3n) is 15.9. The number of aromatic nitrogens is 2. The molecule has 1 unspecified atom stereocenters.